The van der Waals surface area contributed by atoms with Crippen LogP contribution in [-0.2, 0) is 0 Å². The first-order chi connectivity index (χ1) is 10.1. The number of nitrogens with zero attached hydrogens (tertiary/aromatic N) is 3. The Morgan fingerprint density at radius 2 is 1.86 bits per heavy atom. The van der Waals surface area contributed by atoms with Gasteiger partial charge in [-0.3, -0.25) is 0 Å². The molecule has 0 N–H and O–H groups in total. The Morgan fingerprint density at radius 3 is 2.48 bits per heavy atom. The number of benzene rings is 1. The van der Waals surface area contributed by atoms with E-state index in [1.165, 1.54) is 0 Å². The molecule has 4 nitrogen and oxygen atoms in total. The maximum Gasteiger partial charge on any atom is 0.268 e. The molecule has 2 aromatic heterocycles. The molecule has 0 aliphatic heterocycles. The Labute approximate surface area is 120 Å². The lowest BCUT2D eigenvalue weighted by atomic mass is 10.2. The number of rotatable bonds is 2. The Balaban J connectivity index is 2.00. The van der Waals surface area contributed by atoms with Gasteiger partial charge in [-0.25, -0.2) is 13.2 Å². The van der Waals surface area contributed by atoms with E-state index in [0.29, 0.717) is 9.75 Å². The van der Waals surface area contributed by atoms with Crippen molar-refractivity contribution in [2.24, 2.45) is 0 Å². The number of halogens is 3. The van der Waals surface area contributed by atoms with Gasteiger partial charge >= 0.3 is 0 Å². The van der Waals surface area contributed by atoms with Crippen LogP contribution in [0.1, 0.15) is 4.88 Å². The van der Waals surface area contributed by atoms with Gasteiger partial charge in [-0.05, 0) is 24.3 Å². The van der Waals surface area contributed by atoms with Crippen LogP contribution in [0.25, 0.3) is 22.2 Å². The smallest absolute Gasteiger partial charge is 0.268 e. The zero-order chi connectivity index (χ0) is 15.0. The molecular weight excluding hydrogens is 303 g/mol. The minimum atomic E-state index is -1.56. The monoisotopic (exact) mass is 307 g/mol. The Bertz CT molecular complexity index is 843. The molecule has 0 spiro atoms. The number of hydrogen-bond donors (Lipinski definition) is 0. The largest absolute Gasteiger partial charge is 0.333 e. The minimum absolute atomic E-state index is 0.0431. The fourth-order valence-electron chi connectivity index (χ4n) is 1.64. The van der Waals surface area contributed by atoms with Gasteiger partial charge in [0.05, 0.1) is 4.88 Å². The van der Waals surface area contributed by atoms with Crippen LogP contribution in [0.4, 0.5) is 13.2 Å². The number of hydrogen-bond acceptors (Lipinski definition) is 5. The van der Waals surface area contributed by atoms with E-state index < -0.39 is 17.5 Å². The molecule has 0 aliphatic rings. The first-order valence-electron chi connectivity index (χ1n) is 5.57. The average Bonchev–Trinajstić information content (AvgIpc) is 3.12. The van der Waals surface area contributed by atoms with Crippen LogP contribution in [0.2, 0.25) is 0 Å². The second-order valence-electron chi connectivity index (χ2n) is 3.95. The molecule has 0 saturated carbocycles. The maximum atomic E-state index is 13.2. The molecular formula is C13H4F3N3OS. The van der Waals surface area contributed by atoms with Gasteiger partial charge in [0.2, 0.25) is 5.82 Å². The molecule has 8 heteroatoms. The van der Waals surface area contributed by atoms with Crippen LogP contribution in [0.5, 0.6) is 0 Å². The summed E-state index contributed by atoms with van der Waals surface area (Å²) >= 11 is 1.14. The zero-order valence-electron chi connectivity index (χ0n) is 10.1. The highest BCUT2D eigenvalue weighted by Crippen LogP contribution is 2.29. The third-order valence-corrected chi connectivity index (χ3v) is 3.57. The van der Waals surface area contributed by atoms with Crippen LogP contribution in [0, 0.1) is 28.8 Å². The third-order valence-electron chi connectivity index (χ3n) is 2.60. The number of aromatic nitrogens is 2. The Hall–Kier alpha value is -2.66. The fraction of sp³-hybridized carbons (Fsp3) is 0. The second kappa shape index (κ2) is 5.03. The molecule has 1 aromatic carbocycles. The van der Waals surface area contributed by atoms with E-state index in [0.717, 1.165) is 23.5 Å². The molecule has 0 saturated heterocycles. The van der Waals surface area contributed by atoms with E-state index in [9.17, 15) is 13.2 Å². The van der Waals surface area contributed by atoms with E-state index in [1.807, 2.05) is 6.07 Å². The van der Waals surface area contributed by atoms with Crippen molar-refractivity contribution in [1.82, 2.24) is 10.1 Å². The molecule has 0 radical (unpaired) electrons. The predicted molar refractivity (Wildman–Crippen MR) is 67.6 cm³/mol. The summed E-state index contributed by atoms with van der Waals surface area (Å²) in [4.78, 5) is 4.99. The fourth-order valence-corrected chi connectivity index (χ4v) is 2.36. The van der Waals surface area contributed by atoms with Crippen molar-refractivity contribution in [3.8, 4) is 28.2 Å². The summed E-state index contributed by atoms with van der Waals surface area (Å²) in [5.74, 6) is -4.19. The molecule has 3 aromatic rings. The molecule has 0 atom stereocenters. The molecule has 0 bridgehead atoms. The summed E-state index contributed by atoms with van der Waals surface area (Å²) in [6.45, 7) is 0. The number of nitriles is 1. The van der Waals surface area contributed by atoms with Crippen molar-refractivity contribution in [3.63, 3.8) is 0 Å². The first kappa shape index (κ1) is 13.3. The second-order valence-corrected chi connectivity index (χ2v) is 5.04. The van der Waals surface area contributed by atoms with Gasteiger partial charge in [0.15, 0.2) is 17.5 Å². The molecule has 3 rings (SSSR count). The van der Waals surface area contributed by atoms with E-state index in [2.05, 4.69) is 10.1 Å². The van der Waals surface area contributed by atoms with Crippen LogP contribution < -0.4 is 0 Å². The summed E-state index contributed by atoms with van der Waals surface area (Å²) in [5, 5.41) is 12.3. The van der Waals surface area contributed by atoms with Gasteiger partial charge in [-0.2, -0.15) is 10.2 Å². The molecule has 0 unspecified atom stereocenters. The standard InChI is InChI=1S/C13H4F3N3OS/c14-8-3-6(4-9(15)11(8)16)12-18-13(20-19-12)10-2-1-7(5-17)21-10/h1-4H. The minimum Gasteiger partial charge on any atom is -0.333 e. The van der Waals surface area contributed by atoms with Crippen molar-refractivity contribution < 1.29 is 17.7 Å². The van der Waals surface area contributed by atoms with Crippen molar-refractivity contribution in [3.05, 3.63) is 46.6 Å². The van der Waals surface area contributed by atoms with E-state index >= 15 is 0 Å². The average molecular weight is 307 g/mol. The molecule has 21 heavy (non-hydrogen) atoms. The Morgan fingerprint density at radius 1 is 1.14 bits per heavy atom. The van der Waals surface area contributed by atoms with Crippen LogP contribution >= 0.6 is 11.3 Å². The van der Waals surface area contributed by atoms with Crippen molar-refractivity contribution >= 4 is 11.3 Å². The summed E-state index contributed by atoms with van der Waals surface area (Å²) in [6.07, 6.45) is 0. The summed E-state index contributed by atoms with van der Waals surface area (Å²) in [5.41, 5.74) is -0.0431. The van der Waals surface area contributed by atoms with Crippen LogP contribution in [0.3, 0.4) is 0 Å². The van der Waals surface area contributed by atoms with Gasteiger partial charge in [0.25, 0.3) is 5.89 Å². The lowest BCUT2D eigenvalue weighted by Crippen LogP contribution is -1.92. The molecule has 2 heterocycles. The predicted octanol–water partition coefficient (Wildman–Crippen LogP) is 3.75. The summed E-state index contributed by atoms with van der Waals surface area (Å²) < 4.78 is 44.2. The SMILES string of the molecule is N#Cc1ccc(-c2nc(-c3cc(F)c(F)c(F)c3)no2)s1. The lowest BCUT2D eigenvalue weighted by Gasteiger charge is -1.97. The van der Waals surface area contributed by atoms with Crippen molar-refractivity contribution in [2.75, 3.05) is 0 Å². The third kappa shape index (κ3) is 2.39. The van der Waals surface area contributed by atoms with Crippen LogP contribution in [-0.4, -0.2) is 10.1 Å². The topological polar surface area (TPSA) is 62.7 Å². The highest BCUT2D eigenvalue weighted by Gasteiger charge is 2.17. The van der Waals surface area contributed by atoms with E-state index in [4.69, 9.17) is 9.78 Å². The summed E-state index contributed by atoms with van der Waals surface area (Å²) in [6, 6.07) is 6.73. The first-order valence-corrected chi connectivity index (χ1v) is 6.39. The lowest BCUT2D eigenvalue weighted by molar-refractivity contribution is 0.432. The quantitative estimate of drug-likeness (QED) is 0.676. The molecule has 0 fully saturated rings. The maximum absolute atomic E-state index is 13.2. The molecule has 0 amide bonds. The van der Waals surface area contributed by atoms with E-state index in [-0.39, 0.29) is 17.3 Å². The van der Waals surface area contributed by atoms with Gasteiger partial charge in [0.1, 0.15) is 10.9 Å². The van der Waals surface area contributed by atoms with Gasteiger partial charge < -0.3 is 4.52 Å². The van der Waals surface area contributed by atoms with Crippen molar-refractivity contribution in [1.29, 1.82) is 5.26 Å². The van der Waals surface area contributed by atoms with Gasteiger partial charge in [-0.15, -0.1) is 11.3 Å². The molecule has 104 valence electrons. The van der Waals surface area contributed by atoms with E-state index in [1.54, 1.807) is 12.1 Å². The summed E-state index contributed by atoms with van der Waals surface area (Å²) in [7, 11) is 0. The van der Waals surface area contributed by atoms with Crippen molar-refractivity contribution in [2.45, 2.75) is 0 Å². The highest BCUT2D eigenvalue weighted by molar-refractivity contribution is 7.15. The number of thiophene rings is 1. The van der Waals surface area contributed by atoms with Gasteiger partial charge in [0, 0.05) is 5.56 Å². The normalized spacial score (nSPS) is 10.6. The van der Waals surface area contributed by atoms with Gasteiger partial charge in [-0.1, -0.05) is 5.16 Å². The highest BCUT2D eigenvalue weighted by atomic mass is 32.1. The Kier molecular flexibility index (Phi) is 3.19. The van der Waals surface area contributed by atoms with Crippen LogP contribution in [0.15, 0.2) is 28.8 Å². The zero-order valence-corrected chi connectivity index (χ0v) is 10.9. The molecule has 0 aliphatic carbocycles.